The van der Waals surface area contributed by atoms with Crippen LogP contribution < -0.4 is 0 Å². The van der Waals surface area contributed by atoms with Crippen LogP contribution in [0.5, 0.6) is 0 Å². The van der Waals surface area contributed by atoms with Crippen LogP contribution >= 0.6 is 0 Å². The summed E-state index contributed by atoms with van der Waals surface area (Å²) < 4.78 is 0. The average Bonchev–Trinajstić information content (AvgIpc) is 2.31. The number of hydrogen-bond donors (Lipinski definition) is 1. The molecule has 3 fully saturated rings. The minimum Gasteiger partial charge on any atom is -0.481 e. The Balaban J connectivity index is 1.51. The van der Waals surface area contributed by atoms with Crippen LogP contribution in [0.15, 0.2) is 0 Å². The van der Waals surface area contributed by atoms with Crippen molar-refractivity contribution in [1.29, 1.82) is 0 Å². The van der Waals surface area contributed by atoms with Gasteiger partial charge in [-0.05, 0) is 58.0 Å². The smallest absolute Gasteiger partial charge is 0.309 e. The topological polar surface area (TPSA) is 43.8 Å². The third-order valence-corrected chi connectivity index (χ3v) is 5.65. The Labute approximate surface area is 115 Å². The predicted molar refractivity (Wildman–Crippen MR) is 74.0 cm³/mol. The summed E-state index contributed by atoms with van der Waals surface area (Å²) in [5.41, 5.74) is -0.450. The molecule has 3 aliphatic rings. The zero-order valence-corrected chi connectivity index (χ0v) is 12.1. The van der Waals surface area contributed by atoms with Crippen molar-refractivity contribution in [3.8, 4) is 0 Å². The van der Waals surface area contributed by atoms with E-state index in [1.54, 1.807) is 0 Å². The highest BCUT2D eigenvalue weighted by Crippen LogP contribution is 2.45. The number of carboxylic acids is 1. The van der Waals surface area contributed by atoms with Crippen LogP contribution in [-0.2, 0) is 4.79 Å². The number of likely N-dealkylation sites (tertiary alicyclic amines) is 2. The summed E-state index contributed by atoms with van der Waals surface area (Å²) in [6, 6.07) is 0.529. The van der Waals surface area contributed by atoms with Gasteiger partial charge in [0.2, 0.25) is 0 Å². The summed E-state index contributed by atoms with van der Waals surface area (Å²) >= 11 is 0. The molecule has 0 aromatic rings. The normalized spacial score (nSPS) is 41.6. The van der Waals surface area contributed by atoms with Crippen molar-refractivity contribution in [1.82, 2.24) is 9.80 Å². The van der Waals surface area contributed by atoms with Crippen LogP contribution in [0.25, 0.3) is 0 Å². The summed E-state index contributed by atoms with van der Waals surface area (Å²) in [5.74, 6) is 1.12. The average molecular weight is 266 g/mol. The van der Waals surface area contributed by atoms with Crippen LogP contribution in [-0.4, -0.2) is 60.1 Å². The van der Waals surface area contributed by atoms with Gasteiger partial charge in [-0.25, -0.2) is 0 Å². The first-order chi connectivity index (χ1) is 8.98. The van der Waals surface area contributed by atoms with Gasteiger partial charge in [-0.2, -0.15) is 0 Å². The monoisotopic (exact) mass is 266 g/mol. The first-order valence-electron chi connectivity index (χ1n) is 7.64. The predicted octanol–water partition coefficient (Wildman–Crippen LogP) is 1.51. The Morgan fingerprint density at radius 1 is 1.21 bits per heavy atom. The molecule has 1 atom stereocenters. The van der Waals surface area contributed by atoms with E-state index in [0.717, 1.165) is 24.7 Å². The van der Waals surface area contributed by atoms with Crippen molar-refractivity contribution in [2.45, 2.75) is 38.6 Å². The standard InChI is InChI=1S/C15H26N2O2/c1-15(14(18)19)6-13(7-15)17-5-3-4-11(10-17)12-8-16(2)9-12/h11-13H,3-10H2,1-2H3,(H,18,19). The molecule has 4 heteroatoms. The Bertz CT molecular complexity index is 359. The van der Waals surface area contributed by atoms with Gasteiger partial charge in [0.15, 0.2) is 0 Å². The molecule has 3 rings (SSSR count). The molecule has 0 radical (unpaired) electrons. The first-order valence-corrected chi connectivity index (χ1v) is 7.64. The van der Waals surface area contributed by atoms with Crippen molar-refractivity contribution in [2.75, 3.05) is 33.2 Å². The fraction of sp³-hybridized carbons (Fsp3) is 0.933. The third-order valence-electron chi connectivity index (χ3n) is 5.65. The largest absolute Gasteiger partial charge is 0.481 e. The number of hydrogen-bond acceptors (Lipinski definition) is 3. The molecular weight excluding hydrogens is 240 g/mol. The maximum atomic E-state index is 11.2. The highest BCUT2D eigenvalue weighted by Gasteiger charge is 2.49. The zero-order chi connectivity index (χ0) is 13.6. The fourth-order valence-corrected chi connectivity index (χ4v) is 4.22. The number of piperidine rings is 1. The molecule has 1 aliphatic carbocycles. The highest BCUT2D eigenvalue weighted by molar-refractivity contribution is 5.75. The van der Waals surface area contributed by atoms with E-state index < -0.39 is 11.4 Å². The summed E-state index contributed by atoms with van der Waals surface area (Å²) in [6.07, 6.45) is 4.36. The van der Waals surface area contributed by atoms with Crippen molar-refractivity contribution in [2.24, 2.45) is 17.3 Å². The van der Waals surface area contributed by atoms with Crippen molar-refractivity contribution < 1.29 is 9.90 Å². The van der Waals surface area contributed by atoms with Gasteiger partial charge in [-0.3, -0.25) is 4.79 Å². The van der Waals surface area contributed by atoms with E-state index in [1.807, 2.05) is 6.92 Å². The second-order valence-electron chi connectivity index (χ2n) is 7.31. The van der Waals surface area contributed by atoms with Crippen LogP contribution in [0.4, 0.5) is 0 Å². The van der Waals surface area contributed by atoms with E-state index in [1.165, 1.54) is 39.0 Å². The van der Waals surface area contributed by atoms with Crippen molar-refractivity contribution >= 4 is 5.97 Å². The summed E-state index contributed by atoms with van der Waals surface area (Å²) in [4.78, 5) is 16.1. The van der Waals surface area contributed by atoms with E-state index in [4.69, 9.17) is 0 Å². The lowest BCUT2D eigenvalue weighted by atomic mass is 9.65. The van der Waals surface area contributed by atoms with Gasteiger partial charge >= 0.3 is 5.97 Å². The van der Waals surface area contributed by atoms with Gasteiger partial charge in [0.1, 0.15) is 0 Å². The number of carbonyl (C=O) groups is 1. The molecule has 0 aromatic carbocycles. The number of carboxylic acid groups (broad SMARTS) is 1. The molecule has 1 unspecified atom stereocenters. The van der Waals surface area contributed by atoms with E-state index in [9.17, 15) is 9.90 Å². The Kier molecular flexibility index (Phi) is 3.34. The lowest BCUT2D eigenvalue weighted by Gasteiger charge is -2.52. The van der Waals surface area contributed by atoms with Gasteiger partial charge in [0.05, 0.1) is 5.41 Å². The fourth-order valence-electron chi connectivity index (χ4n) is 4.22. The van der Waals surface area contributed by atoms with E-state index in [0.29, 0.717) is 6.04 Å². The van der Waals surface area contributed by atoms with Crippen LogP contribution in [0.2, 0.25) is 0 Å². The maximum Gasteiger partial charge on any atom is 0.309 e. The number of aliphatic carboxylic acids is 1. The summed E-state index contributed by atoms with van der Waals surface area (Å²) in [7, 11) is 2.20. The summed E-state index contributed by atoms with van der Waals surface area (Å²) in [6.45, 7) is 6.80. The molecule has 0 amide bonds. The molecular formula is C15H26N2O2. The first kappa shape index (κ1) is 13.4. The minimum atomic E-state index is -0.613. The lowest BCUT2D eigenvalue weighted by molar-refractivity contribution is -0.158. The van der Waals surface area contributed by atoms with Gasteiger partial charge in [0, 0.05) is 25.7 Å². The van der Waals surface area contributed by atoms with Crippen molar-refractivity contribution in [3.63, 3.8) is 0 Å². The third kappa shape index (κ3) is 2.40. The minimum absolute atomic E-state index is 0.450. The van der Waals surface area contributed by atoms with Crippen LogP contribution in [0.3, 0.4) is 0 Å². The second kappa shape index (κ2) is 4.74. The number of rotatable bonds is 3. The Morgan fingerprint density at radius 3 is 2.47 bits per heavy atom. The Hall–Kier alpha value is -0.610. The van der Waals surface area contributed by atoms with Crippen LogP contribution in [0, 0.1) is 17.3 Å². The zero-order valence-electron chi connectivity index (χ0n) is 12.1. The second-order valence-corrected chi connectivity index (χ2v) is 7.31. The molecule has 108 valence electrons. The van der Waals surface area contributed by atoms with Crippen molar-refractivity contribution in [3.05, 3.63) is 0 Å². The van der Waals surface area contributed by atoms with Gasteiger partial charge in [0.25, 0.3) is 0 Å². The van der Waals surface area contributed by atoms with E-state index >= 15 is 0 Å². The van der Waals surface area contributed by atoms with Crippen LogP contribution in [0.1, 0.15) is 32.6 Å². The lowest BCUT2D eigenvalue weighted by Crippen LogP contribution is -2.58. The number of nitrogens with zero attached hydrogens (tertiary/aromatic N) is 2. The molecule has 4 nitrogen and oxygen atoms in total. The molecule has 1 N–H and O–H groups in total. The summed E-state index contributed by atoms with van der Waals surface area (Å²) in [5, 5.41) is 9.20. The molecule has 0 aromatic heterocycles. The van der Waals surface area contributed by atoms with E-state index in [-0.39, 0.29) is 0 Å². The SMILES string of the molecule is CN1CC(C2CCCN(C3CC(C)(C(=O)O)C3)C2)C1. The van der Waals surface area contributed by atoms with Gasteiger partial charge < -0.3 is 14.9 Å². The van der Waals surface area contributed by atoms with Gasteiger partial charge in [-0.1, -0.05) is 0 Å². The van der Waals surface area contributed by atoms with Gasteiger partial charge in [-0.15, -0.1) is 0 Å². The molecule has 2 heterocycles. The maximum absolute atomic E-state index is 11.2. The molecule has 2 saturated heterocycles. The molecule has 0 spiro atoms. The Morgan fingerprint density at radius 2 is 1.89 bits per heavy atom. The molecule has 2 aliphatic heterocycles. The molecule has 0 bridgehead atoms. The quantitative estimate of drug-likeness (QED) is 0.841. The van der Waals surface area contributed by atoms with E-state index in [2.05, 4.69) is 16.8 Å². The molecule has 1 saturated carbocycles. The highest BCUT2D eigenvalue weighted by atomic mass is 16.4. The molecule has 19 heavy (non-hydrogen) atoms.